The highest BCUT2D eigenvalue weighted by atomic mass is 19.4. The Morgan fingerprint density at radius 3 is 2.54 bits per heavy atom. The molecule has 1 N–H and O–H groups in total. The van der Waals surface area contributed by atoms with E-state index >= 15 is 0 Å². The number of amides is 1. The lowest BCUT2D eigenvalue weighted by Crippen LogP contribution is -2.30. The van der Waals surface area contributed by atoms with Crippen LogP contribution in [0.1, 0.15) is 18.1 Å². The number of nitrogens with one attached hydrogen (secondary N) is 1. The lowest BCUT2D eigenvalue weighted by Gasteiger charge is -2.17. The number of hydrogen-bond donors (Lipinski definition) is 1. The molecule has 0 radical (unpaired) electrons. The number of methoxy groups -OCH3 is 1. The van der Waals surface area contributed by atoms with E-state index in [0.29, 0.717) is 5.56 Å². The van der Waals surface area contributed by atoms with Crippen LogP contribution >= 0.6 is 0 Å². The molecule has 1 amide bonds. The van der Waals surface area contributed by atoms with Gasteiger partial charge < -0.3 is 14.8 Å². The van der Waals surface area contributed by atoms with Crippen molar-refractivity contribution in [1.29, 1.82) is 5.26 Å². The smallest absolute Gasteiger partial charge is 0.416 e. The van der Waals surface area contributed by atoms with Crippen molar-refractivity contribution in [3.8, 4) is 17.6 Å². The largest absolute Gasteiger partial charge is 0.493 e. The summed E-state index contributed by atoms with van der Waals surface area (Å²) in [6.07, 6.45) is -5.51. The average molecular weight is 364 g/mol. The van der Waals surface area contributed by atoms with Crippen LogP contribution in [0, 0.1) is 11.3 Å². The minimum absolute atomic E-state index is 0.00654. The first-order chi connectivity index (χ1) is 12.2. The van der Waals surface area contributed by atoms with E-state index in [-0.39, 0.29) is 17.2 Å². The highest BCUT2D eigenvalue weighted by Crippen LogP contribution is 2.31. The van der Waals surface area contributed by atoms with Gasteiger partial charge in [0.25, 0.3) is 5.91 Å². The van der Waals surface area contributed by atoms with Gasteiger partial charge in [-0.2, -0.15) is 18.4 Å². The molecule has 26 heavy (non-hydrogen) atoms. The van der Waals surface area contributed by atoms with Crippen molar-refractivity contribution >= 4 is 11.6 Å². The zero-order valence-corrected chi connectivity index (χ0v) is 13.9. The average Bonchev–Trinajstić information content (AvgIpc) is 2.61. The number of ether oxygens (including phenoxy) is 2. The monoisotopic (exact) mass is 364 g/mol. The molecular formula is C18H15F3N2O3. The summed E-state index contributed by atoms with van der Waals surface area (Å²) in [6, 6.07) is 10.7. The van der Waals surface area contributed by atoms with Crippen LogP contribution in [0.15, 0.2) is 42.5 Å². The van der Waals surface area contributed by atoms with Crippen molar-refractivity contribution < 1.29 is 27.4 Å². The predicted octanol–water partition coefficient (Wildman–Crippen LogP) is 3.99. The molecule has 1 atom stereocenters. The molecule has 136 valence electrons. The number of carbonyl (C=O) groups excluding carboxylic acids is 1. The number of alkyl halides is 3. The van der Waals surface area contributed by atoms with Crippen molar-refractivity contribution in [3.05, 3.63) is 53.6 Å². The molecule has 0 spiro atoms. The van der Waals surface area contributed by atoms with Gasteiger partial charge in [-0.3, -0.25) is 4.79 Å². The Hall–Kier alpha value is -3.21. The Balaban J connectivity index is 2.10. The van der Waals surface area contributed by atoms with Crippen LogP contribution in [-0.4, -0.2) is 19.1 Å². The van der Waals surface area contributed by atoms with Gasteiger partial charge in [-0.25, -0.2) is 0 Å². The zero-order valence-electron chi connectivity index (χ0n) is 13.9. The van der Waals surface area contributed by atoms with Crippen LogP contribution in [0.5, 0.6) is 11.5 Å². The second-order valence-corrected chi connectivity index (χ2v) is 5.31. The van der Waals surface area contributed by atoms with Crippen LogP contribution in [0.25, 0.3) is 0 Å². The summed E-state index contributed by atoms with van der Waals surface area (Å²) in [6.45, 7) is 1.45. The first kappa shape index (κ1) is 19.1. The van der Waals surface area contributed by atoms with E-state index in [0.717, 1.165) is 12.1 Å². The summed E-state index contributed by atoms with van der Waals surface area (Å²) in [7, 11) is 1.39. The fourth-order valence-electron chi connectivity index (χ4n) is 2.10. The molecule has 2 rings (SSSR count). The normalized spacial score (nSPS) is 12.0. The fraction of sp³-hybridized carbons (Fsp3) is 0.222. The molecule has 0 aromatic heterocycles. The van der Waals surface area contributed by atoms with Gasteiger partial charge in [0.2, 0.25) is 0 Å². The third-order valence-electron chi connectivity index (χ3n) is 3.42. The second-order valence-electron chi connectivity index (χ2n) is 5.31. The van der Waals surface area contributed by atoms with Crippen molar-refractivity contribution in [1.82, 2.24) is 0 Å². The molecule has 5 nitrogen and oxygen atoms in total. The zero-order chi connectivity index (χ0) is 19.3. The Bertz CT molecular complexity index is 844. The lowest BCUT2D eigenvalue weighted by atomic mass is 10.2. The molecule has 0 aliphatic carbocycles. The van der Waals surface area contributed by atoms with E-state index in [1.807, 2.05) is 6.07 Å². The number of benzene rings is 2. The summed E-state index contributed by atoms with van der Waals surface area (Å²) < 4.78 is 48.8. The highest BCUT2D eigenvalue weighted by Gasteiger charge is 2.30. The van der Waals surface area contributed by atoms with Gasteiger partial charge in [-0.05, 0) is 37.3 Å². The van der Waals surface area contributed by atoms with E-state index in [1.165, 1.54) is 44.4 Å². The molecule has 0 fully saturated rings. The molecule has 0 aliphatic rings. The standard InChI is InChI=1S/C18H15F3N2O3/c1-11(26-15-7-6-12(10-22)8-16(15)25-2)17(24)23-14-5-3-4-13(9-14)18(19,20)21/h3-9,11H,1-2H3,(H,23,24)/t11-/m0/s1. The molecule has 0 heterocycles. The third kappa shape index (κ3) is 4.66. The summed E-state index contributed by atoms with van der Waals surface area (Å²) >= 11 is 0. The number of hydrogen-bond acceptors (Lipinski definition) is 4. The van der Waals surface area contributed by atoms with E-state index in [4.69, 9.17) is 14.7 Å². The maximum Gasteiger partial charge on any atom is 0.416 e. The van der Waals surface area contributed by atoms with Gasteiger partial charge in [-0.1, -0.05) is 6.07 Å². The quantitative estimate of drug-likeness (QED) is 0.871. The second kappa shape index (κ2) is 7.78. The summed E-state index contributed by atoms with van der Waals surface area (Å²) in [5, 5.41) is 11.2. The Morgan fingerprint density at radius 1 is 1.19 bits per heavy atom. The van der Waals surface area contributed by atoms with Gasteiger partial charge in [0.05, 0.1) is 24.3 Å². The van der Waals surface area contributed by atoms with Crippen molar-refractivity contribution in [2.45, 2.75) is 19.2 Å². The molecule has 0 saturated heterocycles. The molecular weight excluding hydrogens is 349 g/mol. The highest BCUT2D eigenvalue weighted by molar-refractivity contribution is 5.94. The number of nitriles is 1. The molecule has 2 aromatic rings. The number of carbonyl (C=O) groups is 1. The molecule has 0 aliphatic heterocycles. The molecule has 2 aromatic carbocycles. The lowest BCUT2D eigenvalue weighted by molar-refractivity contribution is -0.137. The maximum absolute atomic E-state index is 12.7. The van der Waals surface area contributed by atoms with Crippen LogP contribution in [-0.2, 0) is 11.0 Å². The topological polar surface area (TPSA) is 71.3 Å². The van der Waals surface area contributed by atoms with Gasteiger partial charge in [0.1, 0.15) is 0 Å². The van der Waals surface area contributed by atoms with E-state index in [9.17, 15) is 18.0 Å². The van der Waals surface area contributed by atoms with Crippen LogP contribution < -0.4 is 14.8 Å². The van der Waals surface area contributed by atoms with E-state index in [2.05, 4.69) is 5.32 Å². The number of rotatable bonds is 5. The number of halogens is 3. The van der Waals surface area contributed by atoms with Crippen LogP contribution in [0.2, 0.25) is 0 Å². The first-order valence-electron chi connectivity index (χ1n) is 7.47. The van der Waals surface area contributed by atoms with Gasteiger partial charge in [0, 0.05) is 11.8 Å². The Kier molecular flexibility index (Phi) is 5.72. The predicted molar refractivity (Wildman–Crippen MR) is 87.9 cm³/mol. The van der Waals surface area contributed by atoms with Gasteiger partial charge in [0.15, 0.2) is 17.6 Å². The summed E-state index contributed by atoms with van der Waals surface area (Å²) in [4.78, 5) is 12.2. The molecule has 0 saturated carbocycles. The Labute approximate surface area is 148 Å². The van der Waals surface area contributed by atoms with Gasteiger partial charge in [-0.15, -0.1) is 0 Å². The van der Waals surface area contributed by atoms with Crippen LogP contribution in [0.4, 0.5) is 18.9 Å². The number of nitrogens with zero attached hydrogens (tertiary/aromatic N) is 1. The minimum atomic E-state index is -4.50. The minimum Gasteiger partial charge on any atom is -0.493 e. The van der Waals surface area contributed by atoms with Gasteiger partial charge >= 0.3 is 6.18 Å². The fourth-order valence-corrected chi connectivity index (χ4v) is 2.10. The van der Waals surface area contributed by atoms with Crippen molar-refractivity contribution in [2.24, 2.45) is 0 Å². The number of anilines is 1. The maximum atomic E-state index is 12.7. The Morgan fingerprint density at radius 2 is 1.92 bits per heavy atom. The van der Waals surface area contributed by atoms with E-state index in [1.54, 1.807) is 0 Å². The summed E-state index contributed by atoms with van der Waals surface area (Å²) in [5.41, 5.74) is -0.500. The SMILES string of the molecule is COc1cc(C#N)ccc1O[C@@H](C)C(=O)Nc1cccc(C(F)(F)F)c1. The molecule has 0 unspecified atom stereocenters. The van der Waals surface area contributed by atoms with Crippen molar-refractivity contribution in [3.63, 3.8) is 0 Å². The summed E-state index contributed by atoms with van der Waals surface area (Å²) in [5.74, 6) is -0.128. The first-order valence-corrected chi connectivity index (χ1v) is 7.47. The third-order valence-corrected chi connectivity index (χ3v) is 3.42. The molecule has 0 bridgehead atoms. The van der Waals surface area contributed by atoms with E-state index < -0.39 is 23.8 Å². The van der Waals surface area contributed by atoms with Crippen LogP contribution in [0.3, 0.4) is 0 Å². The van der Waals surface area contributed by atoms with Crippen molar-refractivity contribution in [2.75, 3.05) is 12.4 Å². The molecule has 8 heteroatoms.